The number of carbonyl (C=O) groups is 1. The van der Waals surface area contributed by atoms with Crippen LogP contribution in [0.15, 0.2) is 67.1 Å². The summed E-state index contributed by atoms with van der Waals surface area (Å²) in [5.41, 5.74) is 5.02. The number of nitrogens with zero attached hydrogens (tertiary/aromatic N) is 4. The third-order valence-corrected chi connectivity index (χ3v) is 6.39. The van der Waals surface area contributed by atoms with Gasteiger partial charge < -0.3 is 0 Å². The van der Waals surface area contributed by atoms with E-state index in [1.165, 1.54) is 18.4 Å². The molecule has 0 radical (unpaired) electrons. The van der Waals surface area contributed by atoms with Crippen molar-refractivity contribution >= 4 is 16.7 Å². The second-order valence-corrected chi connectivity index (χ2v) is 8.57. The summed E-state index contributed by atoms with van der Waals surface area (Å²) in [6, 6.07) is 16.6. The average Bonchev–Trinajstić information content (AvgIpc) is 3.41. The van der Waals surface area contributed by atoms with E-state index in [0.717, 1.165) is 34.4 Å². The van der Waals surface area contributed by atoms with Crippen LogP contribution in [0.1, 0.15) is 48.6 Å². The first-order valence-electron chi connectivity index (χ1n) is 11.0. The van der Waals surface area contributed by atoms with E-state index >= 15 is 0 Å². The monoisotopic (exact) mass is 410 g/mol. The van der Waals surface area contributed by atoms with E-state index in [4.69, 9.17) is 0 Å². The number of Topliss-reactive ketones (excluding diaryl/α,β-unsaturated/α-hetero) is 1. The van der Waals surface area contributed by atoms with E-state index in [-0.39, 0.29) is 5.78 Å². The summed E-state index contributed by atoms with van der Waals surface area (Å²) in [5.74, 6) is 1.22. The molecule has 0 aliphatic heterocycles. The van der Waals surface area contributed by atoms with E-state index in [2.05, 4.69) is 45.4 Å². The second-order valence-electron chi connectivity index (χ2n) is 8.57. The molecule has 156 valence electrons. The van der Waals surface area contributed by atoms with Crippen molar-refractivity contribution in [2.45, 2.75) is 44.9 Å². The number of hydrogen-bond donors (Lipinski definition) is 0. The number of pyridine rings is 2. The molecule has 1 aliphatic carbocycles. The molecule has 2 atom stereocenters. The van der Waals surface area contributed by atoms with Crippen LogP contribution in [0.4, 0.5) is 0 Å². The van der Waals surface area contributed by atoms with Crippen LogP contribution in [0, 0.1) is 12.8 Å². The Morgan fingerprint density at radius 2 is 1.94 bits per heavy atom. The first kappa shape index (κ1) is 19.6. The van der Waals surface area contributed by atoms with Gasteiger partial charge in [-0.25, -0.2) is 4.68 Å². The third-order valence-electron chi connectivity index (χ3n) is 6.39. The standard InChI is InChI=1S/C26H26N4O/c1-18-12-23(10-11-27-18)30-26-17-28-22(13-21(26)16-29-30)15-24(31)14-20-8-5-9-25(20)19-6-3-2-4-7-19/h2-4,6-7,10-13,16-17,20,25H,5,8-9,14-15H2,1H3/t20-,25-/m1/s1. The first-order chi connectivity index (χ1) is 15.2. The third kappa shape index (κ3) is 4.13. The number of rotatable bonds is 6. The van der Waals surface area contributed by atoms with Crippen LogP contribution < -0.4 is 0 Å². The molecule has 5 nitrogen and oxygen atoms in total. The maximum atomic E-state index is 12.9. The molecule has 0 amide bonds. The molecule has 0 unspecified atom stereocenters. The summed E-state index contributed by atoms with van der Waals surface area (Å²) < 4.78 is 1.87. The molecule has 5 heteroatoms. The Hall–Kier alpha value is -3.34. The molecule has 0 N–H and O–H groups in total. The van der Waals surface area contributed by atoms with E-state index < -0.39 is 0 Å². The molecule has 1 fully saturated rings. The van der Waals surface area contributed by atoms with Gasteiger partial charge in [0.2, 0.25) is 0 Å². The van der Waals surface area contributed by atoms with Crippen molar-refractivity contribution in [2.24, 2.45) is 5.92 Å². The number of aryl methyl sites for hydroxylation is 1. The maximum absolute atomic E-state index is 12.9. The van der Waals surface area contributed by atoms with Crippen molar-refractivity contribution in [3.8, 4) is 5.69 Å². The zero-order valence-corrected chi connectivity index (χ0v) is 17.7. The Kier molecular flexibility index (Phi) is 5.33. The Morgan fingerprint density at radius 3 is 2.77 bits per heavy atom. The molecule has 4 aromatic rings. The van der Waals surface area contributed by atoms with E-state index in [1.807, 2.05) is 42.2 Å². The van der Waals surface area contributed by atoms with Gasteiger partial charge in [0.25, 0.3) is 0 Å². The number of ketones is 1. The highest BCUT2D eigenvalue weighted by atomic mass is 16.1. The van der Waals surface area contributed by atoms with Crippen LogP contribution in [-0.2, 0) is 11.2 Å². The molecule has 1 aliphatic rings. The highest BCUT2D eigenvalue weighted by Gasteiger charge is 2.30. The van der Waals surface area contributed by atoms with Gasteiger partial charge in [0, 0.05) is 35.8 Å². The molecule has 1 aromatic carbocycles. The molecule has 3 aromatic heterocycles. The number of aromatic nitrogens is 4. The summed E-state index contributed by atoms with van der Waals surface area (Å²) in [7, 11) is 0. The van der Waals surface area contributed by atoms with Crippen LogP contribution in [0.2, 0.25) is 0 Å². The average molecular weight is 411 g/mol. The lowest BCUT2D eigenvalue weighted by atomic mass is 9.85. The van der Waals surface area contributed by atoms with Crippen molar-refractivity contribution in [3.05, 3.63) is 84.1 Å². The van der Waals surface area contributed by atoms with Gasteiger partial charge in [-0.1, -0.05) is 36.8 Å². The van der Waals surface area contributed by atoms with Crippen molar-refractivity contribution < 1.29 is 4.79 Å². The lowest BCUT2D eigenvalue weighted by Gasteiger charge is -2.19. The van der Waals surface area contributed by atoms with Crippen LogP contribution in [0.5, 0.6) is 0 Å². The molecular weight excluding hydrogens is 384 g/mol. The van der Waals surface area contributed by atoms with E-state index in [1.54, 1.807) is 6.20 Å². The maximum Gasteiger partial charge on any atom is 0.139 e. The highest BCUT2D eigenvalue weighted by Crippen LogP contribution is 2.41. The van der Waals surface area contributed by atoms with Gasteiger partial charge in [0.15, 0.2) is 0 Å². The minimum absolute atomic E-state index is 0.275. The lowest BCUT2D eigenvalue weighted by Crippen LogP contribution is -2.14. The molecule has 1 saturated carbocycles. The largest absolute Gasteiger partial charge is 0.299 e. The van der Waals surface area contributed by atoms with Gasteiger partial charge in [-0.2, -0.15) is 5.10 Å². The fraction of sp³-hybridized carbons (Fsp3) is 0.308. The topological polar surface area (TPSA) is 60.7 Å². The zero-order valence-electron chi connectivity index (χ0n) is 17.7. The Morgan fingerprint density at radius 1 is 1.06 bits per heavy atom. The van der Waals surface area contributed by atoms with Gasteiger partial charge in [-0.15, -0.1) is 0 Å². The predicted octanol–water partition coefficient (Wildman–Crippen LogP) is 5.21. The predicted molar refractivity (Wildman–Crippen MR) is 121 cm³/mol. The van der Waals surface area contributed by atoms with Crippen LogP contribution in [-0.4, -0.2) is 25.5 Å². The van der Waals surface area contributed by atoms with Crippen LogP contribution >= 0.6 is 0 Å². The van der Waals surface area contributed by atoms with E-state index in [0.29, 0.717) is 24.7 Å². The van der Waals surface area contributed by atoms with Crippen molar-refractivity contribution in [2.75, 3.05) is 0 Å². The summed E-state index contributed by atoms with van der Waals surface area (Å²) in [4.78, 5) is 21.7. The summed E-state index contributed by atoms with van der Waals surface area (Å²) in [5, 5.41) is 5.51. The van der Waals surface area contributed by atoms with Gasteiger partial charge >= 0.3 is 0 Å². The van der Waals surface area contributed by atoms with Crippen molar-refractivity contribution in [3.63, 3.8) is 0 Å². The summed E-state index contributed by atoms with van der Waals surface area (Å²) in [6.07, 6.45) is 9.98. The normalized spacial score (nSPS) is 18.5. The SMILES string of the molecule is Cc1cc(-n2ncc3cc(CC(=O)C[C@H]4CCC[C@@H]4c4ccccc4)ncc32)ccn1. The van der Waals surface area contributed by atoms with Gasteiger partial charge in [-0.3, -0.25) is 14.8 Å². The van der Waals surface area contributed by atoms with Crippen LogP contribution in [0.3, 0.4) is 0 Å². The second kappa shape index (κ2) is 8.42. The van der Waals surface area contributed by atoms with Gasteiger partial charge in [0.05, 0.1) is 23.6 Å². The number of fused-ring (bicyclic) bond motifs is 1. The highest BCUT2D eigenvalue weighted by molar-refractivity contribution is 5.84. The molecule has 3 heterocycles. The van der Waals surface area contributed by atoms with Crippen LogP contribution in [0.25, 0.3) is 16.6 Å². The van der Waals surface area contributed by atoms with Gasteiger partial charge in [-0.05, 0) is 55.4 Å². The zero-order chi connectivity index (χ0) is 21.2. The number of carbonyl (C=O) groups excluding carboxylic acids is 1. The number of benzene rings is 1. The van der Waals surface area contributed by atoms with E-state index in [9.17, 15) is 4.79 Å². The molecule has 31 heavy (non-hydrogen) atoms. The lowest BCUT2D eigenvalue weighted by molar-refractivity contribution is -0.119. The Labute approximate surface area is 182 Å². The first-order valence-corrected chi connectivity index (χ1v) is 11.0. The molecule has 0 saturated heterocycles. The smallest absolute Gasteiger partial charge is 0.139 e. The Balaban J connectivity index is 1.30. The molecular formula is C26H26N4O. The minimum Gasteiger partial charge on any atom is -0.299 e. The quantitative estimate of drug-likeness (QED) is 0.438. The molecule has 0 spiro atoms. The fourth-order valence-electron chi connectivity index (χ4n) is 4.92. The summed E-state index contributed by atoms with van der Waals surface area (Å²) >= 11 is 0. The summed E-state index contributed by atoms with van der Waals surface area (Å²) in [6.45, 7) is 1.96. The number of hydrogen-bond acceptors (Lipinski definition) is 4. The van der Waals surface area contributed by atoms with Gasteiger partial charge in [0.1, 0.15) is 5.78 Å². The minimum atomic E-state index is 0.275. The fourth-order valence-corrected chi connectivity index (χ4v) is 4.92. The molecule has 0 bridgehead atoms. The Bertz CT molecular complexity index is 1210. The molecule has 5 rings (SSSR count). The van der Waals surface area contributed by atoms with Crippen molar-refractivity contribution in [1.29, 1.82) is 0 Å². The van der Waals surface area contributed by atoms with Crippen molar-refractivity contribution in [1.82, 2.24) is 19.7 Å².